The second-order valence-electron chi connectivity index (χ2n) is 6.66. The normalized spacial score (nSPS) is 11.1. The summed E-state index contributed by atoms with van der Waals surface area (Å²) in [5.41, 5.74) is 6.57. The van der Waals surface area contributed by atoms with E-state index in [2.05, 4.69) is 16.0 Å². The van der Waals surface area contributed by atoms with Crippen LogP contribution in [-0.2, 0) is 9.59 Å². The Morgan fingerprint density at radius 1 is 1.06 bits per heavy atom. The maximum Gasteiger partial charge on any atom is 0.319 e. The van der Waals surface area contributed by atoms with Crippen LogP contribution >= 0.6 is 0 Å². The predicted octanol–water partition coefficient (Wildman–Crippen LogP) is 1.38. The smallest absolute Gasteiger partial charge is 0.319 e. The lowest BCUT2D eigenvalue weighted by Crippen LogP contribution is -2.39. The fourth-order valence-corrected chi connectivity index (χ4v) is 2.71. The summed E-state index contributed by atoms with van der Waals surface area (Å²) in [5.74, 6) is -2.63. The lowest BCUT2D eigenvalue weighted by atomic mass is 9.97. The van der Waals surface area contributed by atoms with Gasteiger partial charge in [-0.2, -0.15) is 0 Å². The molecule has 3 amide bonds. The Balaban J connectivity index is 2.06. The van der Waals surface area contributed by atoms with E-state index in [1.165, 1.54) is 24.3 Å². The van der Waals surface area contributed by atoms with Crippen molar-refractivity contribution in [2.45, 2.75) is 12.3 Å². The quantitative estimate of drug-likeness (QED) is 0.138. The molecule has 0 saturated carbocycles. The largest absolute Gasteiger partial charge is 0.481 e. The fourth-order valence-electron chi connectivity index (χ4n) is 2.71. The molecule has 2 aromatic rings. The fraction of sp³-hybridized carbons (Fsp3) is 0.200. The number of rotatable bonds is 10. The van der Waals surface area contributed by atoms with E-state index in [9.17, 15) is 24.5 Å². The predicted molar refractivity (Wildman–Crippen MR) is 116 cm³/mol. The van der Waals surface area contributed by atoms with Gasteiger partial charge in [0.15, 0.2) is 0 Å². The molecular formula is C20H22N6O6. The number of nitrogen functional groups attached to an aromatic ring is 1. The maximum atomic E-state index is 12.6. The first-order valence-corrected chi connectivity index (χ1v) is 9.40. The molecule has 12 nitrogen and oxygen atoms in total. The minimum absolute atomic E-state index is 0.105. The van der Waals surface area contributed by atoms with Gasteiger partial charge in [0.2, 0.25) is 5.91 Å². The number of carbonyl (C=O) groups excluding carboxylic acids is 2. The van der Waals surface area contributed by atoms with E-state index in [0.29, 0.717) is 16.8 Å². The molecular weight excluding hydrogens is 420 g/mol. The van der Waals surface area contributed by atoms with E-state index in [1.807, 2.05) is 0 Å². The van der Waals surface area contributed by atoms with Gasteiger partial charge in [0.1, 0.15) is 5.84 Å². The highest BCUT2D eigenvalue weighted by Gasteiger charge is 2.22. The zero-order valence-corrected chi connectivity index (χ0v) is 16.8. The van der Waals surface area contributed by atoms with Crippen LogP contribution in [-0.4, -0.2) is 46.9 Å². The minimum Gasteiger partial charge on any atom is -0.481 e. The summed E-state index contributed by atoms with van der Waals surface area (Å²) >= 11 is 0. The molecule has 0 fully saturated rings. The van der Waals surface area contributed by atoms with Crippen molar-refractivity contribution >= 4 is 35.1 Å². The molecule has 12 heteroatoms. The van der Waals surface area contributed by atoms with Gasteiger partial charge in [0.05, 0.1) is 17.3 Å². The Kier molecular flexibility index (Phi) is 8.22. The number of hydrogen-bond acceptors (Lipinski definition) is 6. The number of hydrogen-bond donors (Lipinski definition) is 6. The third-order valence-electron chi connectivity index (χ3n) is 4.38. The third-order valence-corrected chi connectivity index (χ3v) is 4.38. The molecule has 0 saturated heterocycles. The van der Waals surface area contributed by atoms with E-state index in [0.717, 1.165) is 0 Å². The first-order chi connectivity index (χ1) is 15.2. The first-order valence-electron chi connectivity index (χ1n) is 9.40. The molecule has 0 radical (unpaired) electrons. The summed E-state index contributed by atoms with van der Waals surface area (Å²) in [6.45, 7) is -0.250. The van der Waals surface area contributed by atoms with Crippen molar-refractivity contribution in [1.82, 2.24) is 10.6 Å². The van der Waals surface area contributed by atoms with Gasteiger partial charge >= 0.3 is 12.0 Å². The number of amides is 3. The molecule has 0 spiro atoms. The number of nitrogens with two attached hydrogens (primary N) is 1. The number of nitro benzene ring substituents is 1. The summed E-state index contributed by atoms with van der Waals surface area (Å²) in [5, 5.41) is 34.6. The zero-order valence-electron chi connectivity index (χ0n) is 16.8. The van der Waals surface area contributed by atoms with E-state index < -0.39 is 28.7 Å². The molecule has 0 bridgehead atoms. The van der Waals surface area contributed by atoms with Gasteiger partial charge in [-0.3, -0.25) is 25.1 Å². The van der Waals surface area contributed by atoms with Crippen molar-refractivity contribution in [2.24, 2.45) is 5.73 Å². The van der Waals surface area contributed by atoms with E-state index in [4.69, 9.17) is 16.2 Å². The first kappa shape index (κ1) is 23.8. The second-order valence-corrected chi connectivity index (χ2v) is 6.66. The number of nitrogens with zero attached hydrogens (tertiary/aromatic N) is 1. The average molecular weight is 442 g/mol. The number of urea groups is 1. The van der Waals surface area contributed by atoms with Crippen LogP contribution in [0.5, 0.6) is 0 Å². The highest BCUT2D eigenvalue weighted by molar-refractivity contribution is 5.96. The number of nitro groups is 1. The number of benzene rings is 2. The molecule has 2 rings (SSSR count). The number of non-ortho nitro benzene ring substituents is 1. The third kappa shape index (κ3) is 7.09. The number of carboxylic acid groups (broad SMARTS) is 1. The van der Waals surface area contributed by atoms with Gasteiger partial charge in [-0.05, 0) is 29.8 Å². The zero-order chi connectivity index (χ0) is 23.7. The van der Waals surface area contributed by atoms with Crippen LogP contribution in [0.3, 0.4) is 0 Å². The molecule has 0 aliphatic rings. The monoisotopic (exact) mass is 442 g/mol. The highest BCUT2D eigenvalue weighted by atomic mass is 16.6. The lowest BCUT2D eigenvalue weighted by molar-refractivity contribution is -0.384. The molecule has 0 heterocycles. The number of amidine groups is 1. The number of nitrogens with one attached hydrogen (secondary N) is 4. The van der Waals surface area contributed by atoms with Crippen molar-refractivity contribution in [3.8, 4) is 0 Å². The molecule has 0 aromatic heterocycles. The number of carboxylic acids is 1. The standard InChI is InChI=1S/C20H22N6O6/c21-18(22)13-1-5-14(6-2-13)25-20(30)24-11-16(19(29)23-10-9-17(27)28)12-3-7-15(8-4-12)26(31)32/h1-8,16H,9-11H2,(H3,21,22)(H,23,29)(H,27,28)(H2,24,25,30). The van der Waals surface area contributed by atoms with Crippen LogP contribution in [0.2, 0.25) is 0 Å². The van der Waals surface area contributed by atoms with Crippen LogP contribution < -0.4 is 21.7 Å². The second kappa shape index (κ2) is 11.1. The Morgan fingerprint density at radius 3 is 2.22 bits per heavy atom. The minimum atomic E-state index is -1.08. The van der Waals surface area contributed by atoms with Crippen LogP contribution in [0.1, 0.15) is 23.5 Å². The lowest BCUT2D eigenvalue weighted by Gasteiger charge is -2.18. The summed E-state index contributed by atoms with van der Waals surface area (Å²) in [6, 6.07) is 10.9. The Morgan fingerprint density at radius 2 is 1.69 bits per heavy atom. The molecule has 32 heavy (non-hydrogen) atoms. The van der Waals surface area contributed by atoms with E-state index in [1.54, 1.807) is 24.3 Å². The summed E-state index contributed by atoms with van der Waals surface area (Å²) in [6.07, 6.45) is -0.275. The van der Waals surface area contributed by atoms with Crippen LogP contribution in [0.15, 0.2) is 48.5 Å². The van der Waals surface area contributed by atoms with Gasteiger partial charge in [0, 0.05) is 36.5 Å². The number of aliphatic carboxylic acids is 1. The van der Waals surface area contributed by atoms with Crippen LogP contribution in [0, 0.1) is 15.5 Å². The van der Waals surface area contributed by atoms with Gasteiger partial charge in [-0.15, -0.1) is 0 Å². The summed E-state index contributed by atoms with van der Waals surface area (Å²) in [7, 11) is 0. The van der Waals surface area contributed by atoms with Gasteiger partial charge in [-0.1, -0.05) is 12.1 Å². The van der Waals surface area contributed by atoms with Crippen molar-refractivity contribution < 1.29 is 24.4 Å². The van der Waals surface area contributed by atoms with Gasteiger partial charge in [0.25, 0.3) is 5.69 Å². The Hall–Kier alpha value is -4.48. The maximum absolute atomic E-state index is 12.6. The number of carbonyl (C=O) groups is 3. The van der Waals surface area contributed by atoms with Crippen LogP contribution in [0.25, 0.3) is 0 Å². The molecule has 2 aromatic carbocycles. The SMILES string of the molecule is N=C(N)c1ccc(NC(=O)NCC(C(=O)NCCC(=O)O)c2ccc([N+](=O)[O-])cc2)cc1. The van der Waals surface area contributed by atoms with Crippen molar-refractivity contribution in [2.75, 3.05) is 18.4 Å². The summed E-state index contributed by atoms with van der Waals surface area (Å²) < 4.78 is 0. The van der Waals surface area contributed by atoms with E-state index >= 15 is 0 Å². The van der Waals surface area contributed by atoms with Crippen molar-refractivity contribution in [3.05, 3.63) is 69.8 Å². The Bertz CT molecular complexity index is 1010. The number of anilines is 1. The van der Waals surface area contributed by atoms with Crippen molar-refractivity contribution in [1.29, 1.82) is 5.41 Å². The summed E-state index contributed by atoms with van der Waals surface area (Å²) in [4.78, 5) is 45.8. The van der Waals surface area contributed by atoms with Gasteiger partial charge in [-0.25, -0.2) is 4.79 Å². The molecule has 7 N–H and O–H groups in total. The average Bonchev–Trinajstić information content (AvgIpc) is 2.74. The topological polar surface area (TPSA) is 201 Å². The van der Waals surface area contributed by atoms with Crippen molar-refractivity contribution in [3.63, 3.8) is 0 Å². The molecule has 168 valence electrons. The molecule has 0 aliphatic heterocycles. The van der Waals surface area contributed by atoms with E-state index in [-0.39, 0.29) is 31.0 Å². The molecule has 1 atom stereocenters. The van der Waals surface area contributed by atoms with Crippen LogP contribution in [0.4, 0.5) is 16.2 Å². The Labute approximate surface area is 182 Å². The highest BCUT2D eigenvalue weighted by Crippen LogP contribution is 2.20. The van der Waals surface area contributed by atoms with Gasteiger partial charge < -0.3 is 26.8 Å². The molecule has 1 unspecified atom stereocenters. The molecule has 0 aliphatic carbocycles.